The Hall–Kier alpha value is -2.83. The summed E-state index contributed by atoms with van der Waals surface area (Å²) in [5.74, 6) is -2.55. The van der Waals surface area contributed by atoms with Gasteiger partial charge < -0.3 is 9.47 Å². The fraction of sp³-hybridized carbons (Fsp3) is 0.409. The van der Waals surface area contributed by atoms with Gasteiger partial charge in [0.2, 0.25) is 5.92 Å². The SMILES string of the molecule is C=C1CN(c2cccc([C@H](c3nncn3C)C3CC(F)(F)C3)c2)C(=O)/C1=C/CC. The van der Waals surface area contributed by atoms with Gasteiger partial charge in [-0.1, -0.05) is 31.7 Å². The molecule has 2 aliphatic rings. The highest BCUT2D eigenvalue weighted by Crippen LogP contribution is 2.51. The Balaban J connectivity index is 1.69. The summed E-state index contributed by atoms with van der Waals surface area (Å²) in [6, 6.07) is 7.56. The number of hydrogen-bond acceptors (Lipinski definition) is 3. The Labute approximate surface area is 168 Å². The smallest absolute Gasteiger partial charge is 0.258 e. The van der Waals surface area contributed by atoms with Crippen molar-refractivity contribution in [3.63, 3.8) is 0 Å². The number of anilines is 1. The number of carbonyl (C=O) groups is 1. The molecular formula is C22H24F2N4O. The van der Waals surface area contributed by atoms with Gasteiger partial charge in [-0.15, -0.1) is 10.2 Å². The highest BCUT2D eigenvalue weighted by Gasteiger charge is 2.50. The molecule has 7 heteroatoms. The maximum absolute atomic E-state index is 13.6. The third-order valence-corrected chi connectivity index (χ3v) is 5.77. The van der Waals surface area contributed by atoms with Crippen LogP contribution in [0.3, 0.4) is 0 Å². The number of hydrogen-bond donors (Lipinski definition) is 0. The van der Waals surface area contributed by atoms with Crippen molar-refractivity contribution in [2.24, 2.45) is 13.0 Å². The van der Waals surface area contributed by atoms with E-state index in [0.717, 1.165) is 23.2 Å². The van der Waals surface area contributed by atoms with Gasteiger partial charge in [0.05, 0.1) is 6.54 Å². The number of aromatic nitrogens is 3. The van der Waals surface area contributed by atoms with Crippen molar-refractivity contribution < 1.29 is 13.6 Å². The van der Waals surface area contributed by atoms with Crippen LogP contribution in [-0.4, -0.2) is 33.1 Å². The van der Waals surface area contributed by atoms with Crippen LogP contribution in [0.2, 0.25) is 0 Å². The first kappa shape index (κ1) is 19.5. The lowest BCUT2D eigenvalue weighted by Gasteiger charge is -2.40. The van der Waals surface area contributed by atoms with Crippen molar-refractivity contribution >= 4 is 11.6 Å². The molecule has 1 aliphatic carbocycles. The number of amides is 1. The summed E-state index contributed by atoms with van der Waals surface area (Å²) in [6.45, 7) is 6.44. The van der Waals surface area contributed by atoms with E-state index in [1.165, 1.54) is 0 Å². The number of alkyl halides is 2. The van der Waals surface area contributed by atoms with Crippen molar-refractivity contribution in [2.45, 2.75) is 38.0 Å². The maximum Gasteiger partial charge on any atom is 0.258 e. The van der Waals surface area contributed by atoms with Crippen molar-refractivity contribution in [2.75, 3.05) is 11.4 Å². The molecule has 0 radical (unpaired) electrons. The van der Waals surface area contributed by atoms with E-state index in [1.807, 2.05) is 44.3 Å². The second kappa shape index (κ2) is 7.21. The molecule has 1 aromatic carbocycles. The zero-order chi connectivity index (χ0) is 20.8. The molecule has 2 aromatic rings. The molecular weight excluding hydrogens is 374 g/mol. The van der Waals surface area contributed by atoms with Crippen molar-refractivity contribution in [3.05, 3.63) is 65.8 Å². The van der Waals surface area contributed by atoms with Gasteiger partial charge in [-0.3, -0.25) is 4.79 Å². The molecule has 1 aliphatic heterocycles. The minimum absolute atomic E-state index is 0.0700. The number of rotatable bonds is 5. The monoisotopic (exact) mass is 398 g/mol. The van der Waals surface area contributed by atoms with Gasteiger partial charge in [0, 0.05) is 37.1 Å². The number of benzene rings is 1. The van der Waals surface area contributed by atoms with E-state index in [9.17, 15) is 13.6 Å². The van der Waals surface area contributed by atoms with Crippen LogP contribution in [0.25, 0.3) is 0 Å². The standard InChI is InChI=1S/C22H24F2N4O/c1-4-6-18-14(2)12-28(21(18)29)17-8-5-7-15(9-17)19(16-10-22(23,24)11-16)20-26-25-13-27(20)3/h5-9,13,16,19H,2,4,10-12H2,1,3H3/b18-6+/t19-/m0/s1. The summed E-state index contributed by atoms with van der Waals surface area (Å²) in [7, 11) is 1.82. The molecule has 1 saturated heterocycles. The Bertz CT molecular complexity index is 986. The van der Waals surface area contributed by atoms with Gasteiger partial charge in [-0.05, 0) is 35.6 Å². The molecule has 152 valence electrons. The molecule has 4 rings (SSSR count). The molecule has 29 heavy (non-hydrogen) atoms. The van der Waals surface area contributed by atoms with Crippen LogP contribution in [0.1, 0.15) is 43.5 Å². The summed E-state index contributed by atoms with van der Waals surface area (Å²) in [4.78, 5) is 14.5. The van der Waals surface area contributed by atoms with Gasteiger partial charge in [-0.2, -0.15) is 0 Å². The van der Waals surface area contributed by atoms with Crippen LogP contribution in [0.4, 0.5) is 14.5 Å². The fourth-order valence-electron chi connectivity index (χ4n) is 4.32. The quantitative estimate of drug-likeness (QED) is 0.708. The van der Waals surface area contributed by atoms with E-state index in [2.05, 4.69) is 16.8 Å². The molecule has 2 fully saturated rings. The van der Waals surface area contributed by atoms with E-state index in [4.69, 9.17) is 0 Å². The number of halogens is 2. The van der Waals surface area contributed by atoms with Crippen LogP contribution < -0.4 is 4.90 Å². The second-order valence-electron chi connectivity index (χ2n) is 7.92. The molecule has 0 N–H and O–H groups in total. The van der Waals surface area contributed by atoms with Gasteiger partial charge in [0.1, 0.15) is 12.2 Å². The predicted molar refractivity (Wildman–Crippen MR) is 107 cm³/mol. The summed E-state index contributed by atoms with van der Waals surface area (Å²) in [6.07, 6.45) is 3.90. The van der Waals surface area contributed by atoms with Crippen LogP contribution in [0, 0.1) is 5.92 Å². The Morgan fingerprint density at radius 2 is 2.14 bits per heavy atom. The third-order valence-electron chi connectivity index (χ3n) is 5.77. The number of aryl methyl sites for hydroxylation is 1. The maximum atomic E-state index is 13.6. The molecule has 1 aromatic heterocycles. The van der Waals surface area contributed by atoms with Crippen molar-refractivity contribution in [1.82, 2.24) is 14.8 Å². The first-order chi connectivity index (χ1) is 13.8. The lowest BCUT2D eigenvalue weighted by Crippen LogP contribution is -2.39. The summed E-state index contributed by atoms with van der Waals surface area (Å²) in [5.41, 5.74) is 3.06. The molecule has 1 amide bonds. The van der Waals surface area contributed by atoms with E-state index >= 15 is 0 Å². The van der Waals surface area contributed by atoms with E-state index in [0.29, 0.717) is 17.9 Å². The summed E-state index contributed by atoms with van der Waals surface area (Å²) >= 11 is 0. The Morgan fingerprint density at radius 3 is 2.76 bits per heavy atom. The number of carbonyl (C=O) groups excluding carboxylic acids is 1. The fourth-order valence-corrected chi connectivity index (χ4v) is 4.32. The van der Waals surface area contributed by atoms with Gasteiger partial charge in [0.15, 0.2) is 0 Å². The highest BCUT2D eigenvalue weighted by molar-refractivity contribution is 6.12. The largest absolute Gasteiger partial charge is 0.320 e. The first-order valence-electron chi connectivity index (χ1n) is 9.82. The zero-order valence-corrected chi connectivity index (χ0v) is 16.6. The molecule has 1 saturated carbocycles. The van der Waals surface area contributed by atoms with E-state index in [-0.39, 0.29) is 30.6 Å². The molecule has 1 atom stereocenters. The molecule has 0 unspecified atom stereocenters. The topological polar surface area (TPSA) is 51.0 Å². The van der Waals surface area contributed by atoms with Crippen molar-refractivity contribution in [1.29, 1.82) is 0 Å². The predicted octanol–water partition coefficient (Wildman–Crippen LogP) is 4.23. The molecule has 0 spiro atoms. The van der Waals surface area contributed by atoms with Crippen molar-refractivity contribution in [3.8, 4) is 0 Å². The van der Waals surface area contributed by atoms with E-state index in [1.54, 1.807) is 15.8 Å². The highest BCUT2D eigenvalue weighted by atomic mass is 19.3. The Morgan fingerprint density at radius 1 is 1.38 bits per heavy atom. The second-order valence-corrected chi connectivity index (χ2v) is 7.92. The van der Waals surface area contributed by atoms with Gasteiger partial charge in [0.25, 0.3) is 5.91 Å². The van der Waals surface area contributed by atoms with Crippen LogP contribution in [0.5, 0.6) is 0 Å². The number of allylic oxidation sites excluding steroid dienone is 1. The van der Waals surface area contributed by atoms with Crippen LogP contribution in [0.15, 0.2) is 54.4 Å². The van der Waals surface area contributed by atoms with E-state index < -0.39 is 5.92 Å². The molecule has 5 nitrogen and oxygen atoms in total. The normalized spacial score (nSPS) is 21.7. The minimum Gasteiger partial charge on any atom is -0.320 e. The van der Waals surface area contributed by atoms with Crippen LogP contribution >= 0.6 is 0 Å². The molecule has 0 bridgehead atoms. The lowest BCUT2D eigenvalue weighted by atomic mass is 9.70. The summed E-state index contributed by atoms with van der Waals surface area (Å²) < 4.78 is 29.0. The van der Waals surface area contributed by atoms with Crippen LogP contribution in [-0.2, 0) is 11.8 Å². The van der Waals surface area contributed by atoms with Gasteiger partial charge >= 0.3 is 0 Å². The zero-order valence-electron chi connectivity index (χ0n) is 16.6. The lowest BCUT2D eigenvalue weighted by molar-refractivity contribution is -0.115. The minimum atomic E-state index is -2.62. The first-order valence-corrected chi connectivity index (χ1v) is 9.82. The number of nitrogens with zero attached hydrogens (tertiary/aromatic N) is 4. The average molecular weight is 398 g/mol. The average Bonchev–Trinajstić information content (AvgIpc) is 3.19. The Kier molecular flexibility index (Phi) is 4.84. The van der Waals surface area contributed by atoms with Gasteiger partial charge in [-0.25, -0.2) is 8.78 Å². The third kappa shape index (κ3) is 3.50. The summed E-state index contributed by atoms with van der Waals surface area (Å²) in [5, 5.41) is 8.14. The molecule has 2 heterocycles.